The fraction of sp³-hybridized carbons (Fsp3) is 0.571. The van der Waals surface area contributed by atoms with Crippen molar-refractivity contribution in [2.75, 3.05) is 13.7 Å². The molecule has 0 rings (SSSR count). The molecule has 1 atom stereocenters. The van der Waals surface area contributed by atoms with E-state index in [0.717, 1.165) is 0 Å². The summed E-state index contributed by atoms with van der Waals surface area (Å²) in [6.45, 7) is 3.82. The second kappa shape index (κ2) is 5.45. The second-order valence-electron chi connectivity index (χ2n) is 1.85. The topological polar surface area (TPSA) is 26.3 Å². The zero-order valence-electron chi connectivity index (χ0n) is 5.97. The minimum atomic E-state index is -0.560. The maximum atomic E-state index is 10.8. The van der Waals surface area contributed by atoms with E-state index >= 15 is 0 Å². The first-order valence-corrected chi connectivity index (χ1v) is 3.44. The summed E-state index contributed by atoms with van der Waals surface area (Å²) in [6.07, 6.45) is 1.77. The van der Waals surface area contributed by atoms with E-state index in [-0.39, 0.29) is 5.78 Å². The summed E-state index contributed by atoms with van der Waals surface area (Å²) in [4.78, 5) is 10.8. The lowest BCUT2D eigenvalue weighted by molar-refractivity contribution is -0.118. The van der Waals surface area contributed by atoms with Crippen LogP contribution in [0.15, 0.2) is 12.7 Å². The highest BCUT2D eigenvalue weighted by Crippen LogP contribution is 2.01. The van der Waals surface area contributed by atoms with E-state index < -0.39 is 5.38 Å². The third-order valence-corrected chi connectivity index (χ3v) is 1.49. The third-order valence-electron chi connectivity index (χ3n) is 1.07. The number of carbonyl (C=O) groups excluding carboxylic acids is 1. The van der Waals surface area contributed by atoms with Crippen molar-refractivity contribution in [1.29, 1.82) is 0 Å². The fourth-order valence-corrected chi connectivity index (χ4v) is 0.581. The van der Waals surface area contributed by atoms with E-state index in [1.54, 1.807) is 7.11 Å². The molecule has 0 aromatic rings. The lowest BCUT2D eigenvalue weighted by Gasteiger charge is -2.00. The van der Waals surface area contributed by atoms with Crippen LogP contribution in [0, 0.1) is 0 Å². The molecule has 0 saturated carbocycles. The molecule has 0 aliphatic carbocycles. The molecule has 0 aliphatic rings. The van der Waals surface area contributed by atoms with Crippen LogP contribution in [0.3, 0.4) is 0 Å². The quantitative estimate of drug-likeness (QED) is 0.451. The van der Waals surface area contributed by atoms with Gasteiger partial charge in [0, 0.05) is 13.5 Å². The van der Waals surface area contributed by atoms with Gasteiger partial charge in [-0.2, -0.15) is 0 Å². The minimum Gasteiger partial charge on any atom is -0.384 e. The van der Waals surface area contributed by atoms with Gasteiger partial charge in [-0.25, -0.2) is 0 Å². The molecule has 10 heavy (non-hydrogen) atoms. The van der Waals surface area contributed by atoms with E-state index in [4.69, 9.17) is 16.3 Å². The Labute approximate surface area is 65.8 Å². The Hall–Kier alpha value is -0.340. The van der Waals surface area contributed by atoms with Gasteiger partial charge in [-0.05, 0) is 0 Å². The van der Waals surface area contributed by atoms with E-state index in [1.165, 1.54) is 6.08 Å². The van der Waals surface area contributed by atoms with Gasteiger partial charge in [0.05, 0.1) is 6.61 Å². The zero-order valence-corrected chi connectivity index (χ0v) is 6.73. The van der Waals surface area contributed by atoms with Crippen LogP contribution >= 0.6 is 11.6 Å². The predicted molar refractivity (Wildman–Crippen MR) is 41.3 cm³/mol. The average Bonchev–Trinajstić information content (AvgIpc) is 1.98. The number of Topliss-reactive ketones (excluding diaryl/α,β-unsaturated/α-hetero) is 1. The fourth-order valence-electron chi connectivity index (χ4n) is 0.472. The second-order valence-corrected chi connectivity index (χ2v) is 2.32. The zero-order chi connectivity index (χ0) is 7.98. The molecule has 0 amide bonds. The summed E-state index contributed by atoms with van der Waals surface area (Å²) < 4.78 is 4.69. The highest BCUT2D eigenvalue weighted by atomic mass is 35.5. The number of rotatable bonds is 5. The number of hydrogen-bond acceptors (Lipinski definition) is 2. The Kier molecular flexibility index (Phi) is 5.26. The Bertz CT molecular complexity index is 123. The summed E-state index contributed by atoms with van der Waals surface area (Å²) in [5, 5.41) is -0.560. The molecular formula is C7H11ClO2. The van der Waals surface area contributed by atoms with Gasteiger partial charge in [0.25, 0.3) is 0 Å². The molecule has 0 aromatic heterocycles. The molecule has 0 radical (unpaired) electrons. The predicted octanol–water partition coefficient (Wildman–Crippen LogP) is 1.39. The van der Waals surface area contributed by atoms with Crippen molar-refractivity contribution in [3.8, 4) is 0 Å². The van der Waals surface area contributed by atoms with Crippen LogP contribution in [0.25, 0.3) is 0 Å². The number of carbonyl (C=O) groups is 1. The summed E-state index contributed by atoms with van der Waals surface area (Å²) in [5.74, 6) is -0.0430. The molecule has 1 unspecified atom stereocenters. The molecule has 2 nitrogen and oxygen atoms in total. The van der Waals surface area contributed by atoms with Crippen LogP contribution in [0.4, 0.5) is 0 Å². The van der Waals surface area contributed by atoms with Gasteiger partial charge in [0.2, 0.25) is 0 Å². The monoisotopic (exact) mass is 162 g/mol. The molecule has 0 aliphatic heterocycles. The van der Waals surface area contributed by atoms with Gasteiger partial charge in [0.1, 0.15) is 5.38 Å². The summed E-state index contributed by atoms with van der Waals surface area (Å²) >= 11 is 5.53. The SMILES string of the molecule is C=CC(Cl)C(=O)CCOC. The molecule has 0 heterocycles. The maximum Gasteiger partial charge on any atom is 0.156 e. The van der Waals surface area contributed by atoms with Gasteiger partial charge in [0.15, 0.2) is 5.78 Å². The van der Waals surface area contributed by atoms with Crippen LogP contribution < -0.4 is 0 Å². The van der Waals surface area contributed by atoms with Gasteiger partial charge in [-0.3, -0.25) is 4.79 Å². The number of halogens is 1. The van der Waals surface area contributed by atoms with Crippen molar-refractivity contribution in [1.82, 2.24) is 0 Å². The summed E-state index contributed by atoms with van der Waals surface area (Å²) in [7, 11) is 1.55. The largest absolute Gasteiger partial charge is 0.384 e. The van der Waals surface area contributed by atoms with Crippen LogP contribution in [0.5, 0.6) is 0 Å². The van der Waals surface area contributed by atoms with Crippen LogP contribution in [-0.4, -0.2) is 24.9 Å². The number of ketones is 1. The van der Waals surface area contributed by atoms with E-state index in [0.29, 0.717) is 13.0 Å². The van der Waals surface area contributed by atoms with Gasteiger partial charge >= 0.3 is 0 Å². The Morgan fingerprint density at radius 1 is 1.90 bits per heavy atom. The Morgan fingerprint density at radius 2 is 2.50 bits per heavy atom. The van der Waals surface area contributed by atoms with Gasteiger partial charge in [-0.15, -0.1) is 18.2 Å². The molecule has 3 heteroatoms. The Morgan fingerprint density at radius 3 is 2.90 bits per heavy atom. The van der Waals surface area contributed by atoms with Crippen LogP contribution in [0.2, 0.25) is 0 Å². The molecular weight excluding hydrogens is 152 g/mol. The highest BCUT2D eigenvalue weighted by Gasteiger charge is 2.09. The molecule has 0 spiro atoms. The van der Waals surface area contributed by atoms with Gasteiger partial charge in [-0.1, -0.05) is 6.08 Å². The number of alkyl halides is 1. The average molecular weight is 163 g/mol. The molecule has 0 aromatic carbocycles. The normalized spacial score (nSPS) is 12.6. The van der Waals surface area contributed by atoms with E-state index in [9.17, 15) is 4.79 Å². The van der Waals surface area contributed by atoms with Gasteiger partial charge < -0.3 is 4.74 Å². The number of hydrogen-bond donors (Lipinski definition) is 0. The van der Waals surface area contributed by atoms with E-state index in [2.05, 4.69) is 6.58 Å². The van der Waals surface area contributed by atoms with Crippen LogP contribution in [-0.2, 0) is 9.53 Å². The summed E-state index contributed by atoms with van der Waals surface area (Å²) in [6, 6.07) is 0. The van der Waals surface area contributed by atoms with E-state index in [1.807, 2.05) is 0 Å². The van der Waals surface area contributed by atoms with Crippen molar-refractivity contribution in [3.63, 3.8) is 0 Å². The third kappa shape index (κ3) is 3.64. The molecule has 0 saturated heterocycles. The number of methoxy groups -OCH3 is 1. The lowest BCUT2D eigenvalue weighted by atomic mass is 10.2. The first-order valence-electron chi connectivity index (χ1n) is 3.00. The first-order chi connectivity index (χ1) is 4.72. The highest BCUT2D eigenvalue weighted by molar-refractivity contribution is 6.32. The van der Waals surface area contributed by atoms with Crippen molar-refractivity contribution in [2.45, 2.75) is 11.8 Å². The molecule has 58 valence electrons. The molecule has 0 fully saturated rings. The van der Waals surface area contributed by atoms with Crippen molar-refractivity contribution in [2.24, 2.45) is 0 Å². The standard InChI is InChI=1S/C7H11ClO2/c1-3-6(8)7(9)4-5-10-2/h3,6H,1,4-5H2,2H3. The van der Waals surface area contributed by atoms with Crippen molar-refractivity contribution in [3.05, 3.63) is 12.7 Å². The maximum absolute atomic E-state index is 10.8. The molecule has 0 N–H and O–H groups in total. The Balaban J connectivity index is 3.51. The minimum absolute atomic E-state index is 0.0430. The van der Waals surface area contributed by atoms with Crippen molar-refractivity contribution < 1.29 is 9.53 Å². The van der Waals surface area contributed by atoms with Crippen LogP contribution in [0.1, 0.15) is 6.42 Å². The lowest BCUT2D eigenvalue weighted by Crippen LogP contribution is -2.13. The first kappa shape index (κ1) is 9.66. The number of allylic oxidation sites excluding steroid dienone is 1. The molecule has 0 bridgehead atoms. The smallest absolute Gasteiger partial charge is 0.156 e. The van der Waals surface area contributed by atoms with Crippen molar-refractivity contribution >= 4 is 17.4 Å². The summed E-state index contributed by atoms with van der Waals surface area (Å²) in [5.41, 5.74) is 0. The number of ether oxygens (including phenoxy) is 1.